The Hall–Kier alpha value is -2.25. The van der Waals surface area contributed by atoms with E-state index in [1.165, 1.54) is 22.5 Å². The Bertz CT molecular complexity index is 1010. The summed E-state index contributed by atoms with van der Waals surface area (Å²) in [5.74, 6) is -1.15. The first-order valence-corrected chi connectivity index (χ1v) is 11.9. The molecule has 0 aromatic heterocycles. The zero-order valence-electron chi connectivity index (χ0n) is 17.7. The number of nitrogens with zero attached hydrogens (tertiary/aromatic N) is 1. The molecule has 7 heteroatoms. The molecule has 1 heterocycles. The molecule has 0 bridgehead atoms. The fourth-order valence-corrected chi connectivity index (χ4v) is 5.51. The van der Waals surface area contributed by atoms with Gasteiger partial charge in [-0.05, 0) is 50.8 Å². The van der Waals surface area contributed by atoms with Crippen molar-refractivity contribution in [2.45, 2.75) is 45.4 Å². The maximum absolute atomic E-state index is 13.8. The topological polar surface area (TPSA) is 66.5 Å². The lowest BCUT2D eigenvalue weighted by atomic mass is 9.95. The molecule has 1 atom stereocenters. The molecule has 1 aliphatic rings. The van der Waals surface area contributed by atoms with Crippen LogP contribution in [0.1, 0.15) is 48.1 Å². The lowest BCUT2D eigenvalue weighted by Crippen LogP contribution is -2.43. The normalized spacial score (nSPS) is 16.9. The summed E-state index contributed by atoms with van der Waals surface area (Å²) in [6.07, 6.45) is 0.920. The van der Waals surface area contributed by atoms with E-state index < -0.39 is 15.8 Å². The van der Waals surface area contributed by atoms with Crippen LogP contribution in [0.3, 0.4) is 0 Å². The van der Waals surface area contributed by atoms with Crippen LogP contribution in [0.4, 0.5) is 4.39 Å². The molecule has 0 radical (unpaired) electrons. The first-order chi connectivity index (χ1) is 14.2. The van der Waals surface area contributed by atoms with E-state index >= 15 is 0 Å². The smallest absolute Gasteiger partial charge is 0.223 e. The molecule has 1 aliphatic heterocycles. The number of benzene rings is 2. The van der Waals surface area contributed by atoms with Crippen molar-refractivity contribution in [2.75, 3.05) is 13.1 Å². The molecule has 0 unspecified atom stereocenters. The summed E-state index contributed by atoms with van der Waals surface area (Å²) in [5, 5.41) is 3.08. The van der Waals surface area contributed by atoms with Crippen molar-refractivity contribution < 1.29 is 17.6 Å². The second-order valence-electron chi connectivity index (χ2n) is 8.11. The van der Waals surface area contributed by atoms with Gasteiger partial charge in [-0.15, -0.1) is 0 Å². The Morgan fingerprint density at radius 2 is 1.83 bits per heavy atom. The number of sulfonamides is 1. The SMILES string of the molecule is Cc1ccc(C)c([C@H](C)NC(=O)C2CCN(S(=O)(=O)Cc3ccccc3F)CC2)c1. The van der Waals surface area contributed by atoms with Gasteiger partial charge in [0, 0.05) is 24.6 Å². The van der Waals surface area contributed by atoms with E-state index in [2.05, 4.69) is 11.4 Å². The molecule has 3 rings (SSSR count). The van der Waals surface area contributed by atoms with Gasteiger partial charge in [-0.2, -0.15) is 0 Å². The Kier molecular flexibility index (Phi) is 6.93. The number of hydrogen-bond acceptors (Lipinski definition) is 3. The van der Waals surface area contributed by atoms with E-state index in [9.17, 15) is 17.6 Å². The molecule has 1 N–H and O–H groups in total. The highest BCUT2D eigenvalue weighted by Gasteiger charge is 2.32. The van der Waals surface area contributed by atoms with Crippen molar-refractivity contribution in [2.24, 2.45) is 5.92 Å². The molecular formula is C23H29FN2O3S. The quantitative estimate of drug-likeness (QED) is 0.754. The number of hydrogen-bond donors (Lipinski definition) is 1. The summed E-state index contributed by atoms with van der Waals surface area (Å²) in [6, 6.07) is 12.0. The highest BCUT2D eigenvalue weighted by atomic mass is 32.2. The van der Waals surface area contributed by atoms with Gasteiger partial charge in [0.15, 0.2) is 0 Å². The van der Waals surface area contributed by atoms with Crippen LogP contribution in [-0.2, 0) is 20.6 Å². The Morgan fingerprint density at radius 1 is 1.17 bits per heavy atom. The van der Waals surface area contributed by atoms with E-state index in [1.54, 1.807) is 6.07 Å². The molecule has 1 saturated heterocycles. The van der Waals surface area contributed by atoms with Gasteiger partial charge in [0.25, 0.3) is 0 Å². The van der Waals surface area contributed by atoms with Gasteiger partial charge in [0.2, 0.25) is 15.9 Å². The zero-order chi connectivity index (χ0) is 21.9. The third-order valence-corrected chi connectivity index (χ3v) is 7.60. The number of nitrogens with one attached hydrogen (secondary N) is 1. The lowest BCUT2D eigenvalue weighted by Gasteiger charge is -2.31. The van der Waals surface area contributed by atoms with Crippen molar-refractivity contribution >= 4 is 15.9 Å². The van der Waals surface area contributed by atoms with E-state index in [0.29, 0.717) is 12.8 Å². The zero-order valence-corrected chi connectivity index (χ0v) is 18.5. The molecule has 1 amide bonds. The molecule has 1 fully saturated rings. The molecule has 0 aliphatic carbocycles. The van der Waals surface area contributed by atoms with Crippen LogP contribution in [0.15, 0.2) is 42.5 Å². The standard InChI is InChI=1S/C23H29FN2O3S/c1-16-8-9-17(2)21(14-16)18(3)25-23(27)19-10-12-26(13-11-19)30(28,29)15-20-6-4-5-7-22(20)24/h4-9,14,18-19H,10-13,15H2,1-3H3,(H,25,27)/t18-/m0/s1. The van der Waals surface area contributed by atoms with Crippen molar-refractivity contribution in [1.82, 2.24) is 9.62 Å². The van der Waals surface area contributed by atoms with Crippen molar-refractivity contribution in [3.8, 4) is 0 Å². The Balaban J connectivity index is 1.57. The van der Waals surface area contributed by atoms with E-state index in [0.717, 1.165) is 16.7 Å². The van der Waals surface area contributed by atoms with Crippen LogP contribution in [-0.4, -0.2) is 31.7 Å². The first-order valence-electron chi connectivity index (χ1n) is 10.3. The van der Waals surface area contributed by atoms with Gasteiger partial charge in [-0.25, -0.2) is 17.1 Å². The van der Waals surface area contributed by atoms with Gasteiger partial charge >= 0.3 is 0 Å². The molecular weight excluding hydrogens is 403 g/mol. The highest BCUT2D eigenvalue weighted by molar-refractivity contribution is 7.88. The second kappa shape index (κ2) is 9.27. The number of piperidine rings is 1. The summed E-state index contributed by atoms with van der Waals surface area (Å²) < 4.78 is 40.6. The maximum Gasteiger partial charge on any atom is 0.223 e. The van der Waals surface area contributed by atoms with Crippen molar-refractivity contribution in [1.29, 1.82) is 0 Å². The lowest BCUT2D eigenvalue weighted by molar-refractivity contribution is -0.126. The van der Waals surface area contributed by atoms with Crippen LogP contribution in [0, 0.1) is 25.6 Å². The maximum atomic E-state index is 13.8. The Labute approximate surface area is 178 Å². The number of halogens is 1. The molecule has 162 valence electrons. The van der Waals surface area contributed by atoms with E-state index in [-0.39, 0.29) is 42.3 Å². The van der Waals surface area contributed by atoms with Gasteiger partial charge in [0.1, 0.15) is 5.82 Å². The average molecular weight is 433 g/mol. The average Bonchev–Trinajstić information content (AvgIpc) is 2.71. The van der Waals surface area contributed by atoms with Gasteiger partial charge in [-0.1, -0.05) is 42.0 Å². The summed E-state index contributed by atoms with van der Waals surface area (Å²) in [5.41, 5.74) is 3.53. The summed E-state index contributed by atoms with van der Waals surface area (Å²) >= 11 is 0. The van der Waals surface area contributed by atoms with Crippen LogP contribution >= 0.6 is 0 Å². The van der Waals surface area contributed by atoms with Gasteiger partial charge in [0.05, 0.1) is 11.8 Å². The minimum atomic E-state index is -3.62. The van der Waals surface area contributed by atoms with E-state index in [1.807, 2.05) is 32.9 Å². The molecule has 0 spiro atoms. The summed E-state index contributed by atoms with van der Waals surface area (Å²) in [6.45, 7) is 6.55. The third kappa shape index (κ3) is 5.26. The van der Waals surface area contributed by atoms with Gasteiger partial charge in [-0.3, -0.25) is 4.79 Å². The molecule has 30 heavy (non-hydrogen) atoms. The summed E-state index contributed by atoms with van der Waals surface area (Å²) in [7, 11) is -3.62. The van der Waals surface area contributed by atoms with Crippen molar-refractivity contribution in [3.05, 3.63) is 70.5 Å². The minimum absolute atomic E-state index is 0.0467. The number of amides is 1. The monoisotopic (exact) mass is 432 g/mol. The molecule has 5 nitrogen and oxygen atoms in total. The minimum Gasteiger partial charge on any atom is -0.349 e. The van der Waals surface area contributed by atoms with Crippen LogP contribution in [0.25, 0.3) is 0 Å². The fourth-order valence-electron chi connectivity index (χ4n) is 3.93. The first kappa shape index (κ1) is 22.4. The number of carbonyl (C=O) groups excluding carboxylic acids is 1. The third-order valence-electron chi connectivity index (χ3n) is 5.77. The number of carbonyl (C=O) groups is 1. The fraction of sp³-hybridized carbons (Fsp3) is 0.435. The van der Waals surface area contributed by atoms with Crippen LogP contribution in [0.2, 0.25) is 0 Å². The highest BCUT2D eigenvalue weighted by Crippen LogP contribution is 2.24. The Morgan fingerprint density at radius 3 is 2.50 bits per heavy atom. The van der Waals surface area contributed by atoms with Gasteiger partial charge < -0.3 is 5.32 Å². The molecule has 0 saturated carbocycles. The predicted octanol–water partition coefficient (Wildman–Crippen LogP) is 3.86. The second-order valence-corrected chi connectivity index (χ2v) is 10.1. The number of aryl methyl sites for hydroxylation is 2. The predicted molar refractivity (Wildman–Crippen MR) is 116 cm³/mol. The molecule has 2 aromatic carbocycles. The van der Waals surface area contributed by atoms with Crippen LogP contribution < -0.4 is 5.32 Å². The number of rotatable bonds is 6. The van der Waals surface area contributed by atoms with Crippen LogP contribution in [0.5, 0.6) is 0 Å². The largest absolute Gasteiger partial charge is 0.349 e. The van der Waals surface area contributed by atoms with E-state index in [4.69, 9.17) is 0 Å². The molecule has 2 aromatic rings. The van der Waals surface area contributed by atoms with Crippen molar-refractivity contribution in [3.63, 3.8) is 0 Å². The summed E-state index contributed by atoms with van der Waals surface area (Å²) in [4.78, 5) is 12.7.